The van der Waals surface area contributed by atoms with Gasteiger partial charge in [0.2, 0.25) is 0 Å². The average molecular weight is 420 g/mol. The molecule has 3 nitrogen and oxygen atoms in total. The van der Waals surface area contributed by atoms with Crippen LogP contribution in [0, 0.1) is 0 Å². The van der Waals surface area contributed by atoms with E-state index in [1.165, 1.54) is 16.7 Å². The van der Waals surface area contributed by atoms with Gasteiger partial charge in [0.25, 0.3) is 5.91 Å². The second kappa shape index (κ2) is 9.36. The SMILES string of the molecule is CC(NC(=O)C1CCc2ccccc2O1)C(Cc1ccc(Cl)cc1)c1ccccc1. The Morgan fingerprint density at radius 3 is 2.50 bits per heavy atom. The van der Waals surface area contributed by atoms with Crippen molar-refractivity contribution in [3.63, 3.8) is 0 Å². The minimum absolute atomic E-state index is 0.0450. The molecule has 1 N–H and O–H groups in total. The fourth-order valence-electron chi connectivity index (χ4n) is 4.08. The van der Waals surface area contributed by atoms with Crippen molar-refractivity contribution >= 4 is 17.5 Å². The van der Waals surface area contributed by atoms with Gasteiger partial charge in [-0.1, -0.05) is 72.3 Å². The number of nitrogens with one attached hydrogen (secondary N) is 1. The number of rotatable bonds is 6. The quantitative estimate of drug-likeness (QED) is 0.567. The molecule has 0 saturated heterocycles. The molecule has 0 aromatic heterocycles. The first-order valence-electron chi connectivity index (χ1n) is 10.4. The molecule has 4 rings (SSSR count). The summed E-state index contributed by atoms with van der Waals surface area (Å²) in [6, 6.07) is 26.2. The van der Waals surface area contributed by atoms with Crippen LogP contribution in [0.15, 0.2) is 78.9 Å². The van der Waals surface area contributed by atoms with E-state index in [4.69, 9.17) is 16.3 Å². The van der Waals surface area contributed by atoms with E-state index in [0.717, 1.165) is 23.6 Å². The van der Waals surface area contributed by atoms with E-state index < -0.39 is 6.10 Å². The lowest BCUT2D eigenvalue weighted by molar-refractivity contribution is -0.129. The molecule has 3 unspecified atom stereocenters. The van der Waals surface area contributed by atoms with Crippen molar-refractivity contribution in [1.29, 1.82) is 0 Å². The molecular formula is C26H26ClNO2. The predicted molar refractivity (Wildman–Crippen MR) is 121 cm³/mol. The third kappa shape index (κ3) is 4.85. The molecule has 0 saturated carbocycles. The van der Waals surface area contributed by atoms with Crippen LogP contribution >= 0.6 is 11.6 Å². The van der Waals surface area contributed by atoms with Gasteiger partial charge in [-0.3, -0.25) is 4.79 Å². The highest BCUT2D eigenvalue weighted by Gasteiger charge is 2.29. The number of aryl methyl sites for hydroxylation is 1. The number of fused-ring (bicyclic) bond motifs is 1. The Morgan fingerprint density at radius 2 is 1.73 bits per heavy atom. The zero-order valence-electron chi connectivity index (χ0n) is 17.1. The fraction of sp³-hybridized carbons (Fsp3) is 0.269. The van der Waals surface area contributed by atoms with E-state index >= 15 is 0 Å². The van der Waals surface area contributed by atoms with Crippen molar-refractivity contribution in [3.8, 4) is 5.75 Å². The molecule has 4 heteroatoms. The summed E-state index contributed by atoms with van der Waals surface area (Å²) in [5.41, 5.74) is 3.56. The highest BCUT2D eigenvalue weighted by atomic mass is 35.5. The Hall–Kier alpha value is -2.78. The minimum atomic E-state index is -0.450. The van der Waals surface area contributed by atoms with Crippen LogP contribution in [0.5, 0.6) is 5.75 Å². The molecule has 30 heavy (non-hydrogen) atoms. The highest BCUT2D eigenvalue weighted by Crippen LogP contribution is 2.28. The smallest absolute Gasteiger partial charge is 0.261 e. The summed E-state index contributed by atoms with van der Waals surface area (Å²) in [7, 11) is 0. The number of hydrogen-bond donors (Lipinski definition) is 1. The van der Waals surface area contributed by atoms with Gasteiger partial charge in [-0.2, -0.15) is 0 Å². The number of hydrogen-bond acceptors (Lipinski definition) is 2. The molecule has 0 spiro atoms. The van der Waals surface area contributed by atoms with Crippen LogP contribution in [0.1, 0.15) is 36.0 Å². The van der Waals surface area contributed by atoms with Crippen LogP contribution in [-0.4, -0.2) is 18.1 Å². The minimum Gasteiger partial charge on any atom is -0.480 e. The van der Waals surface area contributed by atoms with Crippen molar-refractivity contribution in [1.82, 2.24) is 5.32 Å². The molecule has 154 valence electrons. The molecule has 3 aromatic carbocycles. The van der Waals surface area contributed by atoms with Crippen LogP contribution in [-0.2, 0) is 17.6 Å². The summed E-state index contributed by atoms with van der Waals surface area (Å²) in [6.45, 7) is 2.07. The molecule has 1 heterocycles. The van der Waals surface area contributed by atoms with Gasteiger partial charge >= 0.3 is 0 Å². The summed E-state index contributed by atoms with van der Waals surface area (Å²) >= 11 is 6.05. The first-order chi connectivity index (χ1) is 14.6. The second-order valence-electron chi connectivity index (χ2n) is 7.90. The maximum Gasteiger partial charge on any atom is 0.261 e. The van der Waals surface area contributed by atoms with E-state index in [9.17, 15) is 4.79 Å². The van der Waals surface area contributed by atoms with E-state index in [0.29, 0.717) is 6.42 Å². The van der Waals surface area contributed by atoms with E-state index in [1.807, 2.05) is 60.7 Å². The summed E-state index contributed by atoms with van der Waals surface area (Å²) in [5.74, 6) is 0.915. The van der Waals surface area contributed by atoms with Crippen LogP contribution in [0.2, 0.25) is 5.02 Å². The van der Waals surface area contributed by atoms with Gasteiger partial charge in [-0.15, -0.1) is 0 Å². The lowest BCUT2D eigenvalue weighted by Gasteiger charge is -2.30. The molecule has 0 fully saturated rings. The monoisotopic (exact) mass is 419 g/mol. The Kier molecular flexibility index (Phi) is 6.39. The fourth-order valence-corrected chi connectivity index (χ4v) is 4.21. The van der Waals surface area contributed by atoms with Crippen LogP contribution in [0.3, 0.4) is 0 Å². The molecule has 1 amide bonds. The molecule has 3 aromatic rings. The van der Waals surface area contributed by atoms with Gasteiger partial charge in [0.05, 0.1) is 0 Å². The maximum absolute atomic E-state index is 13.0. The Labute approximate surface area is 183 Å². The third-order valence-corrected chi connectivity index (χ3v) is 6.03. The van der Waals surface area contributed by atoms with Gasteiger partial charge in [0.1, 0.15) is 5.75 Å². The zero-order chi connectivity index (χ0) is 20.9. The van der Waals surface area contributed by atoms with Crippen LogP contribution in [0.4, 0.5) is 0 Å². The van der Waals surface area contributed by atoms with E-state index in [2.05, 4.69) is 30.4 Å². The Balaban J connectivity index is 1.48. The van der Waals surface area contributed by atoms with E-state index in [1.54, 1.807) is 0 Å². The lowest BCUT2D eigenvalue weighted by Crippen LogP contribution is -2.46. The molecule has 0 aliphatic carbocycles. The zero-order valence-corrected chi connectivity index (χ0v) is 17.8. The topological polar surface area (TPSA) is 38.3 Å². The molecule has 1 aliphatic heterocycles. The normalized spacial score (nSPS) is 17.3. The Morgan fingerprint density at radius 1 is 1.03 bits per heavy atom. The number of benzene rings is 3. The second-order valence-corrected chi connectivity index (χ2v) is 8.33. The molecule has 3 atom stereocenters. The first-order valence-corrected chi connectivity index (χ1v) is 10.8. The van der Waals surface area contributed by atoms with Crippen molar-refractivity contribution in [3.05, 3.63) is 101 Å². The summed E-state index contributed by atoms with van der Waals surface area (Å²) < 4.78 is 5.98. The van der Waals surface area contributed by atoms with Gasteiger partial charge in [0.15, 0.2) is 6.10 Å². The van der Waals surface area contributed by atoms with Crippen molar-refractivity contribution in [2.45, 2.75) is 44.2 Å². The number of carbonyl (C=O) groups excluding carboxylic acids is 1. The number of carbonyl (C=O) groups is 1. The largest absolute Gasteiger partial charge is 0.480 e. The van der Waals surface area contributed by atoms with Gasteiger partial charge in [-0.05, 0) is 61.1 Å². The number of amides is 1. The first kappa shape index (κ1) is 20.5. The van der Waals surface area contributed by atoms with Crippen molar-refractivity contribution < 1.29 is 9.53 Å². The van der Waals surface area contributed by atoms with Crippen LogP contribution in [0.25, 0.3) is 0 Å². The van der Waals surface area contributed by atoms with Crippen LogP contribution < -0.4 is 10.1 Å². The number of para-hydroxylation sites is 1. The Bertz CT molecular complexity index is 987. The third-order valence-electron chi connectivity index (χ3n) is 5.78. The van der Waals surface area contributed by atoms with Gasteiger partial charge < -0.3 is 10.1 Å². The van der Waals surface area contributed by atoms with Crippen molar-refractivity contribution in [2.75, 3.05) is 0 Å². The highest BCUT2D eigenvalue weighted by molar-refractivity contribution is 6.30. The summed E-state index contributed by atoms with van der Waals surface area (Å²) in [4.78, 5) is 13.0. The molecular weight excluding hydrogens is 394 g/mol. The van der Waals surface area contributed by atoms with E-state index in [-0.39, 0.29) is 17.9 Å². The summed E-state index contributed by atoms with van der Waals surface area (Å²) in [5, 5.41) is 3.95. The summed E-state index contributed by atoms with van der Waals surface area (Å²) in [6.07, 6.45) is 1.92. The standard InChI is InChI=1S/C26H26ClNO2/c1-18(28-26(29)25-16-13-21-9-5-6-10-24(21)30-25)23(20-7-3-2-4-8-20)17-19-11-14-22(27)15-12-19/h2-12,14-15,18,23,25H,13,16-17H2,1H3,(H,28,29). The molecule has 0 bridgehead atoms. The number of halogens is 1. The average Bonchev–Trinajstić information content (AvgIpc) is 2.78. The van der Waals surface area contributed by atoms with Crippen molar-refractivity contribution in [2.24, 2.45) is 0 Å². The molecule has 0 radical (unpaired) electrons. The molecule has 1 aliphatic rings. The number of ether oxygens (including phenoxy) is 1. The predicted octanol–water partition coefficient (Wildman–Crippen LogP) is 5.56. The van der Waals surface area contributed by atoms with Gasteiger partial charge in [-0.25, -0.2) is 0 Å². The maximum atomic E-state index is 13.0. The lowest BCUT2D eigenvalue weighted by atomic mass is 9.86. The van der Waals surface area contributed by atoms with Gasteiger partial charge in [0, 0.05) is 17.0 Å².